The highest BCUT2D eigenvalue weighted by Gasteiger charge is 2.26. The maximum Gasteiger partial charge on any atom is 0.341 e. The minimum Gasteiger partial charge on any atom is -0.497 e. The van der Waals surface area contributed by atoms with Gasteiger partial charge in [0.1, 0.15) is 16.3 Å². The number of nitrogens with two attached hydrogens (primary N) is 1. The number of amides is 2. The summed E-state index contributed by atoms with van der Waals surface area (Å²) in [7, 11) is 1.59. The Bertz CT molecular complexity index is 933. The quantitative estimate of drug-likeness (QED) is 0.605. The molecule has 9 heteroatoms. The van der Waals surface area contributed by atoms with Crippen molar-refractivity contribution >= 4 is 34.1 Å². The molecule has 0 spiro atoms. The van der Waals surface area contributed by atoms with Gasteiger partial charge in [-0.2, -0.15) is 0 Å². The number of primary amides is 1. The lowest BCUT2D eigenvalue weighted by atomic mass is 9.96. The Hall–Kier alpha value is -2.91. The highest BCUT2D eigenvalue weighted by Crippen LogP contribution is 2.37. The van der Waals surface area contributed by atoms with Crippen LogP contribution in [0.15, 0.2) is 29.6 Å². The van der Waals surface area contributed by atoms with Crippen molar-refractivity contribution in [2.75, 3.05) is 38.7 Å². The Kier molecular flexibility index (Phi) is 7.64. The number of esters is 1. The third-order valence-corrected chi connectivity index (χ3v) is 6.18. The summed E-state index contributed by atoms with van der Waals surface area (Å²) in [6.45, 7) is 3.42. The van der Waals surface area contributed by atoms with Gasteiger partial charge in [-0.3, -0.25) is 14.5 Å². The van der Waals surface area contributed by atoms with Gasteiger partial charge >= 0.3 is 5.97 Å². The molecule has 0 bridgehead atoms. The van der Waals surface area contributed by atoms with E-state index in [0.717, 1.165) is 5.56 Å². The molecule has 31 heavy (non-hydrogen) atoms. The summed E-state index contributed by atoms with van der Waals surface area (Å²) in [5, 5.41) is 5.16. The van der Waals surface area contributed by atoms with E-state index in [2.05, 4.69) is 5.32 Å². The van der Waals surface area contributed by atoms with Crippen LogP contribution in [0.3, 0.4) is 0 Å². The normalized spacial score (nSPS) is 14.8. The molecule has 0 atom stereocenters. The number of nitrogens with zero attached hydrogens (tertiary/aromatic N) is 1. The maximum absolute atomic E-state index is 12.7. The van der Waals surface area contributed by atoms with Crippen LogP contribution in [-0.2, 0) is 14.3 Å². The van der Waals surface area contributed by atoms with Crippen LogP contribution in [0.5, 0.6) is 5.75 Å². The molecular formula is C22H27N3O5S. The van der Waals surface area contributed by atoms with E-state index in [1.807, 2.05) is 34.5 Å². The van der Waals surface area contributed by atoms with Gasteiger partial charge in [0.05, 0.1) is 20.3 Å². The lowest BCUT2D eigenvalue weighted by molar-refractivity contribution is -0.123. The minimum atomic E-state index is -0.479. The van der Waals surface area contributed by atoms with Gasteiger partial charge in [-0.15, -0.1) is 11.3 Å². The van der Waals surface area contributed by atoms with E-state index >= 15 is 0 Å². The summed E-state index contributed by atoms with van der Waals surface area (Å²) < 4.78 is 10.4. The first-order chi connectivity index (χ1) is 14.9. The molecule has 2 heterocycles. The van der Waals surface area contributed by atoms with Crippen LogP contribution in [0.25, 0.3) is 11.1 Å². The van der Waals surface area contributed by atoms with Gasteiger partial charge in [0.25, 0.3) is 0 Å². The fourth-order valence-electron chi connectivity index (χ4n) is 3.58. The van der Waals surface area contributed by atoms with Gasteiger partial charge in [-0.25, -0.2) is 4.79 Å². The first kappa shape index (κ1) is 22.8. The van der Waals surface area contributed by atoms with Crippen molar-refractivity contribution in [1.82, 2.24) is 4.90 Å². The third-order valence-electron chi connectivity index (χ3n) is 5.28. The van der Waals surface area contributed by atoms with E-state index < -0.39 is 5.97 Å². The monoisotopic (exact) mass is 445 g/mol. The largest absolute Gasteiger partial charge is 0.497 e. The number of carbonyl (C=O) groups excluding carboxylic acids is 3. The van der Waals surface area contributed by atoms with Crippen LogP contribution >= 0.6 is 11.3 Å². The topological polar surface area (TPSA) is 111 Å². The molecule has 0 aliphatic carbocycles. The van der Waals surface area contributed by atoms with Gasteiger partial charge in [-0.1, -0.05) is 12.1 Å². The number of ether oxygens (including phenoxy) is 2. The highest BCUT2D eigenvalue weighted by molar-refractivity contribution is 7.15. The van der Waals surface area contributed by atoms with Gasteiger partial charge < -0.3 is 20.5 Å². The summed E-state index contributed by atoms with van der Waals surface area (Å²) in [4.78, 5) is 38.6. The number of piperidine rings is 1. The van der Waals surface area contributed by atoms with E-state index in [9.17, 15) is 14.4 Å². The van der Waals surface area contributed by atoms with E-state index in [1.54, 1.807) is 14.0 Å². The van der Waals surface area contributed by atoms with Gasteiger partial charge in [0.15, 0.2) is 0 Å². The molecule has 1 saturated heterocycles. The smallest absolute Gasteiger partial charge is 0.341 e. The van der Waals surface area contributed by atoms with Crippen LogP contribution in [-0.4, -0.2) is 56.0 Å². The molecular weight excluding hydrogens is 418 g/mol. The standard InChI is InChI=1S/C22H27N3O5S/c1-3-30-22(28)19-17(14-4-6-16(29-2)7-5-14)13-31-21(19)24-18(26)12-25-10-8-15(9-11-25)20(23)27/h4-7,13,15H,3,8-12H2,1-2H3,(H2,23,27)(H,24,26). The summed E-state index contributed by atoms with van der Waals surface area (Å²) in [5.41, 5.74) is 7.24. The van der Waals surface area contributed by atoms with Crippen LogP contribution in [0.4, 0.5) is 5.00 Å². The van der Waals surface area contributed by atoms with Crippen molar-refractivity contribution in [2.24, 2.45) is 11.7 Å². The molecule has 1 fully saturated rings. The zero-order chi connectivity index (χ0) is 22.4. The molecule has 3 rings (SSSR count). The summed E-state index contributed by atoms with van der Waals surface area (Å²) in [6.07, 6.45) is 1.30. The minimum absolute atomic E-state index is 0.126. The lowest BCUT2D eigenvalue weighted by Crippen LogP contribution is -2.42. The third kappa shape index (κ3) is 5.62. The van der Waals surface area contributed by atoms with E-state index in [-0.39, 0.29) is 30.9 Å². The Balaban J connectivity index is 1.74. The molecule has 1 aromatic carbocycles. The van der Waals surface area contributed by atoms with Gasteiger partial charge in [-0.05, 0) is 50.6 Å². The van der Waals surface area contributed by atoms with Crippen LogP contribution < -0.4 is 15.8 Å². The lowest BCUT2D eigenvalue weighted by Gasteiger charge is -2.29. The van der Waals surface area contributed by atoms with Crippen molar-refractivity contribution in [3.05, 3.63) is 35.2 Å². The number of carbonyl (C=O) groups is 3. The second-order valence-corrected chi connectivity index (χ2v) is 8.18. The average Bonchev–Trinajstić information content (AvgIpc) is 3.17. The second kappa shape index (κ2) is 10.4. The second-order valence-electron chi connectivity index (χ2n) is 7.30. The van der Waals surface area contributed by atoms with Crippen molar-refractivity contribution in [3.63, 3.8) is 0 Å². The van der Waals surface area contributed by atoms with Crippen molar-refractivity contribution in [2.45, 2.75) is 19.8 Å². The molecule has 1 aliphatic rings. The zero-order valence-corrected chi connectivity index (χ0v) is 18.5. The summed E-state index contributed by atoms with van der Waals surface area (Å²) in [6, 6.07) is 7.35. The molecule has 1 aromatic heterocycles. The predicted octanol–water partition coefficient (Wildman–Crippen LogP) is 2.74. The first-order valence-electron chi connectivity index (χ1n) is 10.2. The summed E-state index contributed by atoms with van der Waals surface area (Å²) >= 11 is 1.29. The van der Waals surface area contributed by atoms with Gasteiger partial charge in [0.2, 0.25) is 11.8 Å². The Morgan fingerprint density at radius 3 is 2.45 bits per heavy atom. The Morgan fingerprint density at radius 2 is 1.87 bits per heavy atom. The number of likely N-dealkylation sites (tertiary alicyclic amines) is 1. The molecule has 0 unspecified atom stereocenters. The fraction of sp³-hybridized carbons (Fsp3) is 0.409. The van der Waals surface area contributed by atoms with E-state index in [0.29, 0.717) is 47.8 Å². The number of benzene rings is 1. The molecule has 0 radical (unpaired) electrons. The average molecular weight is 446 g/mol. The first-order valence-corrected chi connectivity index (χ1v) is 11.1. The van der Waals surface area contributed by atoms with Crippen molar-refractivity contribution in [1.29, 1.82) is 0 Å². The van der Waals surface area contributed by atoms with Crippen molar-refractivity contribution in [3.8, 4) is 16.9 Å². The Morgan fingerprint density at radius 1 is 1.19 bits per heavy atom. The predicted molar refractivity (Wildman–Crippen MR) is 119 cm³/mol. The van der Waals surface area contributed by atoms with E-state index in [1.165, 1.54) is 11.3 Å². The maximum atomic E-state index is 12.7. The molecule has 2 amide bonds. The molecule has 8 nitrogen and oxygen atoms in total. The Labute approximate surface area is 185 Å². The number of anilines is 1. The number of rotatable bonds is 8. The van der Waals surface area contributed by atoms with Crippen LogP contribution in [0.2, 0.25) is 0 Å². The molecule has 0 saturated carbocycles. The van der Waals surface area contributed by atoms with Crippen LogP contribution in [0.1, 0.15) is 30.1 Å². The number of hydrogen-bond acceptors (Lipinski definition) is 7. The fourth-order valence-corrected chi connectivity index (χ4v) is 4.56. The van der Waals surface area contributed by atoms with E-state index in [4.69, 9.17) is 15.2 Å². The van der Waals surface area contributed by atoms with Crippen LogP contribution in [0, 0.1) is 5.92 Å². The number of hydrogen-bond donors (Lipinski definition) is 2. The molecule has 3 N–H and O–H groups in total. The molecule has 2 aromatic rings. The summed E-state index contributed by atoms with van der Waals surface area (Å²) in [5.74, 6) is -0.393. The zero-order valence-electron chi connectivity index (χ0n) is 17.7. The SMILES string of the molecule is CCOC(=O)c1c(-c2ccc(OC)cc2)csc1NC(=O)CN1CCC(C(N)=O)CC1. The van der Waals surface area contributed by atoms with Crippen molar-refractivity contribution < 1.29 is 23.9 Å². The number of thiophene rings is 1. The number of nitrogens with one attached hydrogen (secondary N) is 1. The number of methoxy groups -OCH3 is 1. The molecule has 1 aliphatic heterocycles. The highest BCUT2D eigenvalue weighted by atomic mass is 32.1. The van der Waals surface area contributed by atoms with Gasteiger partial charge in [0, 0.05) is 16.9 Å². The molecule has 166 valence electrons.